The molecule has 0 aliphatic heterocycles. The van der Waals surface area contributed by atoms with Gasteiger partial charge in [-0.25, -0.2) is 0 Å². The van der Waals surface area contributed by atoms with Gasteiger partial charge in [0.1, 0.15) is 6.29 Å². The van der Waals surface area contributed by atoms with E-state index < -0.39 is 0 Å². The smallest absolute Gasteiger partial charge is 0.124 e. The zero-order valence-electron chi connectivity index (χ0n) is 21.4. The zero-order chi connectivity index (χ0) is 25.5. The number of benzene rings is 2. The molecule has 190 valence electrons. The van der Waals surface area contributed by atoms with Crippen LogP contribution in [-0.2, 0) is 17.6 Å². The van der Waals surface area contributed by atoms with Gasteiger partial charge in [0.2, 0.25) is 0 Å². The Morgan fingerprint density at radius 3 is 2.46 bits per heavy atom. The van der Waals surface area contributed by atoms with Gasteiger partial charge in [-0.3, -0.25) is 0 Å². The maximum atomic E-state index is 11.1. The third-order valence-electron chi connectivity index (χ3n) is 6.34. The minimum Gasteiger partial charge on any atom is -0.374 e. The van der Waals surface area contributed by atoms with Crippen LogP contribution in [0.25, 0.3) is 0 Å². The van der Waals surface area contributed by atoms with Crippen molar-refractivity contribution in [2.24, 2.45) is 0 Å². The first-order chi connectivity index (χ1) is 17.0. The van der Waals surface area contributed by atoms with Gasteiger partial charge in [-0.2, -0.15) is 0 Å². The molecule has 2 aromatic carbocycles. The summed E-state index contributed by atoms with van der Waals surface area (Å²) in [6.45, 7) is 5.08. The van der Waals surface area contributed by atoms with E-state index in [9.17, 15) is 4.79 Å². The van der Waals surface area contributed by atoms with Gasteiger partial charge in [0, 0.05) is 45.2 Å². The number of rotatable bonds is 17. The van der Waals surface area contributed by atoms with Crippen molar-refractivity contribution in [2.45, 2.75) is 71.1 Å². The van der Waals surface area contributed by atoms with Crippen molar-refractivity contribution in [3.63, 3.8) is 0 Å². The van der Waals surface area contributed by atoms with Crippen LogP contribution in [0.3, 0.4) is 0 Å². The normalized spacial score (nSPS) is 10.7. The molecule has 35 heavy (non-hydrogen) atoms. The standard InChI is InChI=1S/C30H40Cl2N2O/c1-4-6-11-21-33(3)29-24-25(17-18-26(29)19-23-35)14-10-8-7-9-12-22-34(20-5-2)28-16-13-15-27(31)30(28)32/h1,13,15-18,23-24H,5-12,14,19-22H2,2-3H3. The molecule has 0 N–H and O–H groups in total. The Labute approximate surface area is 222 Å². The minimum absolute atomic E-state index is 0.449. The molecule has 2 rings (SSSR count). The number of terminal acetylenes is 1. The van der Waals surface area contributed by atoms with Crippen molar-refractivity contribution >= 4 is 40.9 Å². The molecule has 0 atom stereocenters. The van der Waals surface area contributed by atoms with Crippen molar-refractivity contribution in [3.8, 4) is 12.3 Å². The first-order valence-electron chi connectivity index (χ1n) is 12.9. The van der Waals surface area contributed by atoms with Crippen LogP contribution in [0.15, 0.2) is 36.4 Å². The fraction of sp³-hybridized carbons (Fsp3) is 0.500. The van der Waals surface area contributed by atoms with Gasteiger partial charge in [-0.15, -0.1) is 12.3 Å². The SMILES string of the molecule is C#CCCCN(C)c1cc(CCCCCCCN(CCC)c2cccc(Cl)c2Cl)ccc1CC=O. The third kappa shape index (κ3) is 9.79. The number of aldehydes is 1. The van der Waals surface area contributed by atoms with Crippen LogP contribution in [0.4, 0.5) is 11.4 Å². The van der Waals surface area contributed by atoms with E-state index in [-0.39, 0.29) is 0 Å². The first-order valence-corrected chi connectivity index (χ1v) is 13.7. The van der Waals surface area contributed by atoms with Gasteiger partial charge in [-0.05, 0) is 61.4 Å². The van der Waals surface area contributed by atoms with E-state index in [2.05, 4.69) is 54.0 Å². The number of carbonyl (C=O) groups is 1. The maximum absolute atomic E-state index is 11.1. The second-order valence-electron chi connectivity index (χ2n) is 9.14. The molecule has 0 saturated carbocycles. The Kier molecular flexibility index (Phi) is 13.7. The molecule has 0 spiro atoms. The Morgan fingerprint density at radius 2 is 1.71 bits per heavy atom. The summed E-state index contributed by atoms with van der Waals surface area (Å²) in [5, 5.41) is 1.27. The predicted octanol–water partition coefficient (Wildman–Crippen LogP) is 7.99. The summed E-state index contributed by atoms with van der Waals surface area (Å²) >= 11 is 12.7. The fourth-order valence-corrected chi connectivity index (χ4v) is 4.86. The van der Waals surface area contributed by atoms with Crippen LogP contribution in [-0.4, -0.2) is 33.0 Å². The molecule has 2 aromatic rings. The summed E-state index contributed by atoms with van der Waals surface area (Å²) in [6.07, 6.45) is 16.7. The van der Waals surface area contributed by atoms with Crippen LogP contribution < -0.4 is 9.80 Å². The maximum Gasteiger partial charge on any atom is 0.124 e. The lowest BCUT2D eigenvalue weighted by molar-refractivity contribution is -0.107. The third-order valence-corrected chi connectivity index (χ3v) is 7.15. The van der Waals surface area contributed by atoms with Gasteiger partial charge in [0.15, 0.2) is 0 Å². The Morgan fingerprint density at radius 1 is 0.943 bits per heavy atom. The lowest BCUT2D eigenvalue weighted by Gasteiger charge is -2.25. The first kappa shape index (κ1) is 29.1. The molecule has 0 radical (unpaired) electrons. The summed E-state index contributed by atoms with van der Waals surface area (Å²) in [5.41, 5.74) is 4.62. The van der Waals surface area contributed by atoms with Crippen LogP contribution >= 0.6 is 23.2 Å². The second-order valence-corrected chi connectivity index (χ2v) is 9.93. The molecule has 0 aromatic heterocycles. The molecule has 0 saturated heterocycles. The van der Waals surface area contributed by atoms with Crippen molar-refractivity contribution in [1.29, 1.82) is 0 Å². The van der Waals surface area contributed by atoms with Crippen molar-refractivity contribution in [1.82, 2.24) is 0 Å². The number of halogens is 2. The number of anilines is 2. The fourth-order valence-electron chi connectivity index (χ4n) is 4.44. The quantitative estimate of drug-likeness (QED) is 0.121. The van der Waals surface area contributed by atoms with Crippen molar-refractivity contribution in [3.05, 3.63) is 57.6 Å². The average Bonchev–Trinajstić information content (AvgIpc) is 2.85. The molecule has 0 aliphatic carbocycles. The molecular formula is C30H40Cl2N2O. The number of carbonyl (C=O) groups excluding carboxylic acids is 1. The highest BCUT2D eigenvalue weighted by molar-refractivity contribution is 6.43. The van der Waals surface area contributed by atoms with Gasteiger partial charge in [0.25, 0.3) is 0 Å². The van der Waals surface area contributed by atoms with Crippen molar-refractivity contribution in [2.75, 3.05) is 36.5 Å². The van der Waals surface area contributed by atoms with Crippen LogP contribution in [0, 0.1) is 12.3 Å². The molecular weight excluding hydrogens is 475 g/mol. The van der Waals surface area contributed by atoms with Crippen molar-refractivity contribution < 1.29 is 4.79 Å². The number of unbranched alkanes of at least 4 members (excludes halogenated alkanes) is 5. The molecule has 0 aliphatic rings. The highest BCUT2D eigenvalue weighted by atomic mass is 35.5. The topological polar surface area (TPSA) is 23.6 Å². The summed E-state index contributed by atoms with van der Waals surface area (Å²) in [4.78, 5) is 15.7. The predicted molar refractivity (Wildman–Crippen MR) is 153 cm³/mol. The van der Waals surface area contributed by atoms with E-state index in [1.165, 1.54) is 31.2 Å². The largest absolute Gasteiger partial charge is 0.374 e. The Balaban J connectivity index is 1.79. The second kappa shape index (κ2) is 16.5. The lowest BCUT2D eigenvalue weighted by Crippen LogP contribution is -2.25. The molecule has 3 nitrogen and oxygen atoms in total. The summed E-state index contributed by atoms with van der Waals surface area (Å²) in [7, 11) is 2.09. The summed E-state index contributed by atoms with van der Waals surface area (Å²) in [5.74, 6) is 2.70. The lowest BCUT2D eigenvalue weighted by atomic mass is 10.0. The highest BCUT2D eigenvalue weighted by Crippen LogP contribution is 2.32. The monoisotopic (exact) mass is 514 g/mol. The van der Waals surface area contributed by atoms with E-state index in [0.29, 0.717) is 16.5 Å². The molecule has 0 heterocycles. The summed E-state index contributed by atoms with van der Waals surface area (Å²) in [6, 6.07) is 12.4. The molecule has 5 heteroatoms. The van der Waals surface area contributed by atoms with Gasteiger partial charge in [-0.1, -0.05) is 67.6 Å². The van der Waals surface area contributed by atoms with E-state index in [0.717, 1.165) is 75.0 Å². The van der Waals surface area contributed by atoms with Gasteiger partial charge < -0.3 is 14.6 Å². The highest BCUT2D eigenvalue weighted by Gasteiger charge is 2.12. The summed E-state index contributed by atoms with van der Waals surface area (Å²) < 4.78 is 0. The zero-order valence-corrected chi connectivity index (χ0v) is 22.9. The number of hydrogen-bond donors (Lipinski definition) is 0. The molecule has 0 amide bonds. The number of hydrogen-bond acceptors (Lipinski definition) is 3. The number of aryl methyl sites for hydroxylation is 1. The number of nitrogens with zero attached hydrogens (tertiary/aromatic N) is 2. The molecule has 0 bridgehead atoms. The van der Waals surface area contributed by atoms with E-state index in [4.69, 9.17) is 29.6 Å². The van der Waals surface area contributed by atoms with E-state index in [1.54, 1.807) is 0 Å². The molecule has 0 fully saturated rings. The Hall–Kier alpha value is -2.15. The van der Waals surface area contributed by atoms with Crippen LogP contribution in [0.5, 0.6) is 0 Å². The average molecular weight is 516 g/mol. The van der Waals surface area contributed by atoms with Crippen LogP contribution in [0.1, 0.15) is 69.4 Å². The Bertz CT molecular complexity index is 954. The van der Waals surface area contributed by atoms with Gasteiger partial charge >= 0.3 is 0 Å². The van der Waals surface area contributed by atoms with E-state index in [1.807, 2.05) is 12.1 Å². The minimum atomic E-state index is 0.449. The van der Waals surface area contributed by atoms with E-state index >= 15 is 0 Å². The molecule has 0 unspecified atom stereocenters. The van der Waals surface area contributed by atoms with Gasteiger partial charge in [0.05, 0.1) is 15.7 Å². The van der Waals surface area contributed by atoms with Crippen LogP contribution in [0.2, 0.25) is 10.0 Å².